The minimum absolute atomic E-state index is 0.0844. The largest absolute Gasteiger partial charge is 0.340 e. The molecule has 0 spiro atoms. The Labute approximate surface area is 218 Å². The summed E-state index contributed by atoms with van der Waals surface area (Å²) in [5, 5.41) is 11.0. The van der Waals surface area contributed by atoms with Gasteiger partial charge in [0.25, 0.3) is 0 Å². The maximum absolute atomic E-state index is 14.6. The fourth-order valence-electron chi connectivity index (χ4n) is 4.13. The first-order valence-electron chi connectivity index (χ1n) is 12.1. The predicted molar refractivity (Wildman–Crippen MR) is 147 cm³/mol. The van der Waals surface area contributed by atoms with Crippen LogP contribution in [0.1, 0.15) is 30.8 Å². The van der Waals surface area contributed by atoms with Crippen LogP contribution >= 0.6 is 0 Å². The molecule has 1 amide bonds. The molecule has 190 valence electrons. The van der Waals surface area contributed by atoms with E-state index in [2.05, 4.69) is 37.0 Å². The molecule has 0 aliphatic rings. The highest BCUT2D eigenvalue weighted by molar-refractivity contribution is 5.94. The Balaban J connectivity index is 1.55. The quantitative estimate of drug-likeness (QED) is 0.232. The van der Waals surface area contributed by atoms with E-state index in [4.69, 9.17) is 4.98 Å². The van der Waals surface area contributed by atoms with Gasteiger partial charge in [-0.05, 0) is 25.1 Å². The number of aromatic amines is 2. The average Bonchev–Trinajstić information content (AvgIpc) is 3.50. The number of amides is 1. The Morgan fingerprint density at radius 3 is 2.68 bits per heavy atom. The van der Waals surface area contributed by atoms with E-state index in [1.54, 1.807) is 48.9 Å². The molecule has 0 atom stereocenters. The van der Waals surface area contributed by atoms with E-state index in [1.165, 1.54) is 6.07 Å². The molecule has 0 aliphatic carbocycles. The third-order valence-electron chi connectivity index (χ3n) is 6.10. The number of aromatic nitrogens is 6. The number of carbonyl (C=O) groups is 1. The van der Waals surface area contributed by atoms with E-state index in [0.717, 1.165) is 22.2 Å². The zero-order chi connectivity index (χ0) is 26.8. The lowest BCUT2D eigenvalue weighted by molar-refractivity contribution is -0.118. The maximum atomic E-state index is 14.6. The molecular weight excluding hydrogens is 481 g/mol. The lowest BCUT2D eigenvalue weighted by Crippen LogP contribution is -2.17. The smallest absolute Gasteiger partial charge is 0.226 e. The first-order chi connectivity index (χ1) is 18.4. The zero-order valence-electron chi connectivity index (χ0n) is 21.2. The zero-order valence-corrected chi connectivity index (χ0v) is 21.2. The van der Waals surface area contributed by atoms with Crippen LogP contribution in [-0.4, -0.2) is 36.0 Å². The van der Waals surface area contributed by atoms with E-state index in [0.29, 0.717) is 39.7 Å². The van der Waals surface area contributed by atoms with Gasteiger partial charge in [0, 0.05) is 46.3 Å². The number of pyridine rings is 2. The van der Waals surface area contributed by atoms with Crippen molar-refractivity contribution in [1.82, 2.24) is 30.1 Å². The Morgan fingerprint density at radius 2 is 1.92 bits per heavy atom. The molecule has 0 radical (unpaired) electrons. The molecule has 3 N–H and O–H groups in total. The molecule has 8 nitrogen and oxygen atoms in total. The van der Waals surface area contributed by atoms with E-state index in [9.17, 15) is 9.18 Å². The summed E-state index contributed by atoms with van der Waals surface area (Å²) < 4.78 is 14.6. The SMILES string of the molecule is C=C/C=C(/c1ccccc1F)c1nc(-c2[nH]nc3ncc(-c4cncc(NC(=O)C(C)C)c4)cc23)[nH]c1C. The van der Waals surface area contributed by atoms with Crippen molar-refractivity contribution in [3.8, 4) is 22.6 Å². The second-order valence-electron chi connectivity index (χ2n) is 9.15. The maximum Gasteiger partial charge on any atom is 0.226 e. The number of H-pyrrole nitrogens is 2. The number of aryl methyl sites for hydroxylation is 1. The third kappa shape index (κ3) is 4.73. The van der Waals surface area contributed by atoms with E-state index in [1.807, 2.05) is 32.9 Å². The number of hydrogen-bond donors (Lipinski definition) is 3. The molecule has 0 aliphatic heterocycles. The number of anilines is 1. The van der Waals surface area contributed by atoms with Gasteiger partial charge in [0.15, 0.2) is 11.5 Å². The van der Waals surface area contributed by atoms with Gasteiger partial charge in [0.05, 0.1) is 23.0 Å². The van der Waals surface area contributed by atoms with E-state index in [-0.39, 0.29) is 17.6 Å². The van der Waals surface area contributed by atoms with Crippen molar-refractivity contribution in [2.24, 2.45) is 5.92 Å². The molecule has 5 rings (SSSR count). The summed E-state index contributed by atoms with van der Waals surface area (Å²) >= 11 is 0. The molecular formula is C29H26FN7O. The minimum atomic E-state index is -0.342. The summed E-state index contributed by atoms with van der Waals surface area (Å²) in [4.78, 5) is 29.0. The lowest BCUT2D eigenvalue weighted by atomic mass is 10.0. The van der Waals surface area contributed by atoms with Crippen molar-refractivity contribution in [1.29, 1.82) is 0 Å². The number of nitrogens with zero attached hydrogens (tertiary/aromatic N) is 4. The normalized spacial score (nSPS) is 11.8. The summed E-state index contributed by atoms with van der Waals surface area (Å²) in [5.74, 6) is -0.0296. The number of nitrogens with one attached hydrogen (secondary N) is 3. The number of rotatable bonds is 7. The van der Waals surface area contributed by atoms with Crippen LogP contribution in [0.15, 0.2) is 73.7 Å². The number of hydrogen-bond acceptors (Lipinski definition) is 5. The van der Waals surface area contributed by atoms with Gasteiger partial charge in [-0.15, -0.1) is 0 Å². The van der Waals surface area contributed by atoms with Crippen LogP contribution in [0.25, 0.3) is 39.3 Å². The summed E-state index contributed by atoms with van der Waals surface area (Å²) in [6.45, 7) is 9.34. The second kappa shape index (κ2) is 10.2. The van der Waals surface area contributed by atoms with Gasteiger partial charge in [0.1, 0.15) is 11.5 Å². The van der Waals surface area contributed by atoms with Crippen LogP contribution in [0.4, 0.5) is 10.1 Å². The first kappa shape index (κ1) is 24.8. The van der Waals surface area contributed by atoms with Gasteiger partial charge < -0.3 is 10.3 Å². The number of benzene rings is 1. The molecule has 4 heterocycles. The van der Waals surface area contributed by atoms with Crippen LogP contribution in [0.5, 0.6) is 0 Å². The predicted octanol–water partition coefficient (Wildman–Crippen LogP) is 6.07. The Kier molecular flexibility index (Phi) is 6.66. The monoisotopic (exact) mass is 507 g/mol. The fraction of sp³-hybridized carbons (Fsp3) is 0.138. The number of allylic oxidation sites excluding steroid dienone is 2. The van der Waals surface area contributed by atoms with Crippen LogP contribution in [0.2, 0.25) is 0 Å². The molecule has 0 fully saturated rings. The van der Waals surface area contributed by atoms with Crippen molar-refractivity contribution in [2.45, 2.75) is 20.8 Å². The molecule has 0 unspecified atom stereocenters. The highest BCUT2D eigenvalue weighted by Gasteiger charge is 2.19. The highest BCUT2D eigenvalue weighted by atomic mass is 19.1. The van der Waals surface area contributed by atoms with Gasteiger partial charge in [-0.3, -0.25) is 14.9 Å². The topological polar surface area (TPSA) is 112 Å². The van der Waals surface area contributed by atoms with Crippen molar-refractivity contribution in [3.05, 3.63) is 96.5 Å². The number of halogens is 1. The van der Waals surface area contributed by atoms with Crippen molar-refractivity contribution in [3.63, 3.8) is 0 Å². The number of fused-ring (bicyclic) bond motifs is 1. The summed E-state index contributed by atoms with van der Waals surface area (Å²) in [7, 11) is 0. The van der Waals surface area contributed by atoms with Crippen molar-refractivity contribution in [2.75, 3.05) is 5.32 Å². The van der Waals surface area contributed by atoms with Crippen LogP contribution in [-0.2, 0) is 4.79 Å². The lowest BCUT2D eigenvalue weighted by Gasteiger charge is -2.09. The molecule has 5 aromatic rings. The molecule has 0 bridgehead atoms. The van der Waals surface area contributed by atoms with Gasteiger partial charge in [-0.25, -0.2) is 14.4 Å². The summed E-state index contributed by atoms with van der Waals surface area (Å²) in [6.07, 6.45) is 8.39. The van der Waals surface area contributed by atoms with E-state index < -0.39 is 0 Å². The van der Waals surface area contributed by atoms with Gasteiger partial charge in [-0.2, -0.15) is 5.10 Å². The average molecular weight is 508 g/mol. The fourth-order valence-corrected chi connectivity index (χ4v) is 4.13. The molecule has 9 heteroatoms. The first-order valence-corrected chi connectivity index (χ1v) is 12.1. The Bertz CT molecular complexity index is 1700. The Hall–Kier alpha value is -4.92. The standard InChI is InChI=1S/C29H26FN7O/c1-5-8-22(21-9-6-7-10-24(21)30)25-17(4)33-28(35-25)26-23-12-19(14-32-27(23)37-36-26)18-11-20(15-31-13-18)34-29(38)16(2)3/h5-16H,1H2,2-4H3,(H,33,35)(H,34,38)(H,32,36,37)/b22-8-. The minimum Gasteiger partial charge on any atom is -0.340 e. The van der Waals surface area contributed by atoms with Crippen molar-refractivity contribution >= 4 is 28.2 Å². The number of carbonyl (C=O) groups excluding carboxylic acids is 1. The van der Waals surface area contributed by atoms with Gasteiger partial charge in [-0.1, -0.05) is 50.8 Å². The van der Waals surface area contributed by atoms with Gasteiger partial charge >= 0.3 is 0 Å². The molecule has 38 heavy (non-hydrogen) atoms. The second-order valence-corrected chi connectivity index (χ2v) is 9.15. The highest BCUT2D eigenvalue weighted by Crippen LogP contribution is 2.32. The number of imidazole rings is 1. The third-order valence-corrected chi connectivity index (χ3v) is 6.10. The molecule has 0 saturated carbocycles. The summed E-state index contributed by atoms with van der Waals surface area (Å²) in [6, 6.07) is 10.4. The molecule has 1 aromatic carbocycles. The Morgan fingerprint density at radius 1 is 1.13 bits per heavy atom. The van der Waals surface area contributed by atoms with Gasteiger partial charge in [0.2, 0.25) is 5.91 Å². The molecule has 0 saturated heterocycles. The van der Waals surface area contributed by atoms with Crippen LogP contribution < -0.4 is 5.32 Å². The van der Waals surface area contributed by atoms with Crippen LogP contribution in [0.3, 0.4) is 0 Å². The molecule has 4 aromatic heterocycles. The summed E-state index contributed by atoms with van der Waals surface area (Å²) in [5.41, 5.74) is 5.79. The van der Waals surface area contributed by atoms with E-state index >= 15 is 0 Å². The van der Waals surface area contributed by atoms with Crippen LogP contribution in [0, 0.1) is 18.7 Å². The van der Waals surface area contributed by atoms with Crippen molar-refractivity contribution < 1.29 is 9.18 Å².